The maximum absolute atomic E-state index is 2.76. The van der Waals surface area contributed by atoms with E-state index in [1.807, 2.05) is 22.7 Å². The van der Waals surface area contributed by atoms with E-state index in [0.29, 0.717) is 0 Å². The first-order valence-corrected chi connectivity index (χ1v) is 26.2. The molecule has 0 atom stereocenters. The van der Waals surface area contributed by atoms with Gasteiger partial charge in [0.15, 0.2) is 0 Å². The Balaban J connectivity index is 1.30. The van der Waals surface area contributed by atoms with Crippen molar-refractivity contribution in [2.45, 2.75) is 105 Å². The number of benzene rings is 7. The van der Waals surface area contributed by atoms with Crippen molar-refractivity contribution in [3.8, 4) is 5.69 Å². The summed E-state index contributed by atoms with van der Waals surface area (Å²) < 4.78 is 8.13. The van der Waals surface area contributed by atoms with Crippen LogP contribution in [0.15, 0.2) is 121 Å². The van der Waals surface area contributed by atoms with Crippen LogP contribution in [0.2, 0.25) is 0 Å². The Morgan fingerprint density at radius 2 is 0.941 bits per heavy atom. The molecule has 0 spiro atoms. The molecule has 2 aliphatic heterocycles. The molecule has 0 N–H and O–H groups in total. The summed E-state index contributed by atoms with van der Waals surface area (Å²) in [5, 5.41) is 10.9. The third-order valence-corrected chi connectivity index (χ3v) is 18.2. The standard InChI is InChI=1S/C62H56BN3S2/c1-59(2,3)33-21-25-37(26-22-33)64-45-28-24-35(61(7,8)9)31-42(45)63-43-32-36(62(10,11)12)30-41-40-29-34(60(4,5)6)23-27-44(40)65(53(41)43)56-51-49-39-18-14-16-20-47(39)68-58(49)66-54(51)50(55(64)52(56)63)48-38-17-13-15-19-46(38)67-57(48)66/h13-32H,1-12H3. The van der Waals surface area contributed by atoms with Crippen LogP contribution in [0.3, 0.4) is 0 Å². The van der Waals surface area contributed by atoms with Gasteiger partial charge in [0.1, 0.15) is 9.66 Å². The highest BCUT2D eigenvalue weighted by Crippen LogP contribution is 2.57. The first-order chi connectivity index (χ1) is 32.3. The summed E-state index contributed by atoms with van der Waals surface area (Å²) in [6.07, 6.45) is 0. The number of nitrogens with zero attached hydrogens (tertiary/aromatic N) is 3. The highest BCUT2D eigenvalue weighted by molar-refractivity contribution is 7.27. The maximum Gasteiger partial charge on any atom is 0.252 e. The number of aromatic nitrogens is 2. The van der Waals surface area contributed by atoms with Gasteiger partial charge in [-0.15, -0.1) is 22.7 Å². The molecule has 7 aromatic carbocycles. The minimum atomic E-state index is -0.0725. The van der Waals surface area contributed by atoms with E-state index in [0.717, 1.165) is 0 Å². The monoisotopic (exact) mass is 917 g/mol. The van der Waals surface area contributed by atoms with E-state index >= 15 is 0 Å². The van der Waals surface area contributed by atoms with Crippen molar-refractivity contribution in [2.24, 2.45) is 0 Å². The molecule has 0 saturated carbocycles. The summed E-state index contributed by atoms with van der Waals surface area (Å²) >= 11 is 3.92. The molecule has 0 bridgehead atoms. The zero-order valence-corrected chi connectivity index (χ0v) is 42.9. The smallest absolute Gasteiger partial charge is 0.252 e. The number of fused-ring (bicyclic) bond motifs is 19. The highest BCUT2D eigenvalue weighted by atomic mass is 32.1. The van der Waals surface area contributed by atoms with Gasteiger partial charge in [-0.05, 0) is 109 Å². The number of hydrogen-bond donors (Lipinski definition) is 0. The van der Waals surface area contributed by atoms with Gasteiger partial charge < -0.3 is 9.47 Å². The molecular formula is C62H56BN3S2. The molecule has 0 unspecified atom stereocenters. The largest absolute Gasteiger partial charge is 0.311 e. The number of anilines is 3. The van der Waals surface area contributed by atoms with Crippen LogP contribution < -0.4 is 21.3 Å². The Hall–Kier alpha value is -6.08. The van der Waals surface area contributed by atoms with Crippen molar-refractivity contribution in [3.63, 3.8) is 0 Å². The molecule has 334 valence electrons. The van der Waals surface area contributed by atoms with Crippen molar-refractivity contribution in [2.75, 3.05) is 4.90 Å². The first-order valence-electron chi connectivity index (χ1n) is 24.6. The van der Waals surface area contributed by atoms with Crippen LogP contribution >= 0.6 is 22.7 Å². The van der Waals surface area contributed by atoms with E-state index in [-0.39, 0.29) is 28.4 Å². The zero-order valence-electron chi connectivity index (χ0n) is 41.3. The van der Waals surface area contributed by atoms with Gasteiger partial charge in [-0.25, -0.2) is 0 Å². The second kappa shape index (κ2) is 13.0. The van der Waals surface area contributed by atoms with Crippen LogP contribution in [-0.2, 0) is 21.7 Å². The summed E-state index contributed by atoms with van der Waals surface area (Å²) in [4.78, 5) is 5.38. The van der Waals surface area contributed by atoms with Crippen LogP contribution in [0, 0.1) is 0 Å². The molecule has 5 aromatic heterocycles. The van der Waals surface area contributed by atoms with Gasteiger partial charge in [0.05, 0.1) is 22.4 Å². The number of rotatable bonds is 1. The second-order valence-corrected chi connectivity index (χ2v) is 26.3. The van der Waals surface area contributed by atoms with Crippen LogP contribution in [-0.4, -0.2) is 15.7 Å². The van der Waals surface area contributed by atoms with Crippen molar-refractivity contribution in [1.82, 2.24) is 8.97 Å². The lowest BCUT2D eigenvalue weighted by atomic mass is 9.33. The third kappa shape index (κ3) is 5.21. The van der Waals surface area contributed by atoms with Gasteiger partial charge in [-0.2, -0.15) is 0 Å². The molecule has 0 amide bonds. The fourth-order valence-electron chi connectivity index (χ4n) is 12.3. The lowest BCUT2D eigenvalue weighted by Gasteiger charge is -2.42. The topological polar surface area (TPSA) is 12.6 Å². The van der Waals surface area contributed by atoms with E-state index in [4.69, 9.17) is 0 Å². The van der Waals surface area contributed by atoms with E-state index < -0.39 is 0 Å². The predicted molar refractivity (Wildman–Crippen MR) is 300 cm³/mol. The van der Waals surface area contributed by atoms with Gasteiger partial charge in [0.2, 0.25) is 0 Å². The van der Waals surface area contributed by atoms with Crippen LogP contribution in [0.4, 0.5) is 17.1 Å². The second-order valence-electron chi connectivity index (χ2n) is 24.2. The minimum Gasteiger partial charge on any atom is -0.311 e. The van der Waals surface area contributed by atoms with Gasteiger partial charge in [-0.3, -0.25) is 4.40 Å². The average Bonchev–Trinajstić information content (AvgIpc) is 4.08. The fourth-order valence-corrected chi connectivity index (χ4v) is 14.8. The molecule has 14 rings (SSSR count). The van der Waals surface area contributed by atoms with E-state index in [9.17, 15) is 0 Å². The molecule has 3 nitrogen and oxygen atoms in total. The normalized spacial score (nSPS) is 14.4. The number of thiophene rings is 2. The zero-order chi connectivity index (χ0) is 46.9. The Morgan fingerprint density at radius 1 is 0.426 bits per heavy atom. The van der Waals surface area contributed by atoms with Crippen molar-refractivity contribution in [3.05, 3.63) is 144 Å². The molecule has 0 radical (unpaired) electrons. The van der Waals surface area contributed by atoms with Crippen LogP contribution in [0.25, 0.3) is 84.4 Å². The SMILES string of the molecule is CC(C)(C)c1ccc(N2c3ccc(C(C)(C)C)cc3B3c4c2c2c5c6ccccc6sc5n5c6sc7ccccc7c6c(c4-n4c6ccc(C(C)(C)C)cc6c6cc(C(C)(C)C)cc3c64)c25)cc1. The summed E-state index contributed by atoms with van der Waals surface area (Å²) in [6.45, 7) is 28.3. The predicted octanol–water partition coefficient (Wildman–Crippen LogP) is 16.2. The van der Waals surface area contributed by atoms with Crippen molar-refractivity contribution >= 4 is 142 Å². The molecule has 0 saturated heterocycles. The molecule has 12 aromatic rings. The molecule has 0 fully saturated rings. The lowest BCUT2D eigenvalue weighted by molar-refractivity contribution is 0.590. The Bertz CT molecular complexity index is 4180. The van der Waals surface area contributed by atoms with Gasteiger partial charge in [-0.1, -0.05) is 156 Å². The van der Waals surface area contributed by atoms with Gasteiger partial charge in [0, 0.05) is 69.4 Å². The van der Waals surface area contributed by atoms with Gasteiger partial charge >= 0.3 is 0 Å². The minimum absolute atomic E-state index is 0.00475. The van der Waals surface area contributed by atoms with E-state index in [1.165, 1.54) is 140 Å². The Kier molecular flexibility index (Phi) is 7.80. The average molecular weight is 918 g/mol. The summed E-state index contributed by atoms with van der Waals surface area (Å²) in [5.41, 5.74) is 18.7. The quantitative estimate of drug-likeness (QED) is 0.150. The Labute approximate surface area is 407 Å². The first kappa shape index (κ1) is 40.9. The summed E-state index contributed by atoms with van der Waals surface area (Å²) in [6, 6.07) is 48.0. The summed E-state index contributed by atoms with van der Waals surface area (Å²) in [7, 11) is 0. The molecule has 0 aliphatic carbocycles. The summed E-state index contributed by atoms with van der Waals surface area (Å²) in [5.74, 6) is 0. The van der Waals surface area contributed by atoms with Gasteiger partial charge in [0.25, 0.3) is 6.71 Å². The molecule has 6 heteroatoms. The van der Waals surface area contributed by atoms with Crippen molar-refractivity contribution < 1.29 is 0 Å². The molecular weight excluding hydrogens is 862 g/mol. The highest BCUT2D eigenvalue weighted by Gasteiger charge is 2.47. The van der Waals surface area contributed by atoms with E-state index in [1.54, 1.807) is 0 Å². The van der Waals surface area contributed by atoms with Crippen LogP contribution in [0.1, 0.15) is 105 Å². The number of hydrogen-bond acceptors (Lipinski definition) is 3. The molecule has 7 heterocycles. The van der Waals surface area contributed by atoms with Crippen LogP contribution in [0.5, 0.6) is 0 Å². The molecule has 2 aliphatic rings. The van der Waals surface area contributed by atoms with Crippen molar-refractivity contribution in [1.29, 1.82) is 0 Å². The Morgan fingerprint density at radius 3 is 1.54 bits per heavy atom. The lowest BCUT2D eigenvalue weighted by Crippen LogP contribution is -2.61. The van der Waals surface area contributed by atoms with E-state index in [2.05, 4.69) is 218 Å². The molecule has 68 heavy (non-hydrogen) atoms. The third-order valence-electron chi connectivity index (χ3n) is 15.8. The maximum atomic E-state index is 2.76. The fraction of sp³-hybridized carbons (Fsp3) is 0.258.